The van der Waals surface area contributed by atoms with Gasteiger partial charge < -0.3 is 0 Å². The summed E-state index contributed by atoms with van der Waals surface area (Å²) in [5, 5.41) is 0. The lowest BCUT2D eigenvalue weighted by Gasteiger charge is -2.17. The smallest absolute Gasteiger partial charge is 0.0500 e. The lowest BCUT2D eigenvalue weighted by Crippen LogP contribution is -2.11. The van der Waals surface area contributed by atoms with Gasteiger partial charge in [-0.15, -0.1) is 0 Å². The molecule has 0 atom stereocenters. The summed E-state index contributed by atoms with van der Waals surface area (Å²) in [5.74, 6) is 0. The number of rotatable bonds is 3. The average molecular weight is 220 g/mol. The van der Waals surface area contributed by atoms with E-state index in [-0.39, 0.29) is 0 Å². The van der Waals surface area contributed by atoms with E-state index in [0.29, 0.717) is 12.1 Å². The van der Waals surface area contributed by atoms with Crippen molar-refractivity contribution in [1.82, 2.24) is 0 Å². The molecular formula is C14H24N2. The summed E-state index contributed by atoms with van der Waals surface area (Å²) in [4.78, 5) is 9.19. The molecule has 0 saturated heterocycles. The molecule has 0 amide bonds. The fourth-order valence-corrected chi connectivity index (χ4v) is 2.78. The van der Waals surface area contributed by atoms with Gasteiger partial charge >= 0.3 is 0 Å². The zero-order valence-electron chi connectivity index (χ0n) is 10.3. The zero-order chi connectivity index (χ0) is 11.1. The highest BCUT2D eigenvalue weighted by molar-refractivity contribution is 6.16. The normalized spacial score (nSPS) is 25.8. The van der Waals surface area contributed by atoms with Crippen LogP contribution >= 0.6 is 0 Å². The summed E-state index contributed by atoms with van der Waals surface area (Å²) in [6, 6.07) is 1.18. The Morgan fingerprint density at radius 3 is 1.31 bits per heavy atom. The largest absolute Gasteiger partial charge is 0.288 e. The Balaban J connectivity index is 1.68. The monoisotopic (exact) mass is 220 g/mol. The minimum absolute atomic E-state index is 0.589. The Kier molecular flexibility index (Phi) is 5.04. The van der Waals surface area contributed by atoms with E-state index in [1.807, 2.05) is 12.4 Å². The molecule has 0 aromatic rings. The lowest BCUT2D eigenvalue weighted by molar-refractivity contribution is 0.443. The van der Waals surface area contributed by atoms with Gasteiger partial charge in [-0.3, -0.25) is 9.98 Å². The second-order valence-electron chi connectivity index (χ2n) is 5.18. The molecule has 0 aromatic carbocycles. The molecule has 90 valence electrons. The Morgan fingerprint density at radius 2 is 0.938 bits per heavy atom. The Hall–Kier alpha value is -0.660. The van der Waals surface area contributed by atoms with Crippen LogP contribution in [0.15, 0.2) is 9.98 Å². The Bertz CT molecular complexity index is 207. The predicted octanol–water partition coefficient (Wildman–Crippen LogP) is 3.79. The summed E-state index contributed by atoms with van der Waals surface area (Å²) in [5.41, 5.74) is 0. The average Bonchev–Trinajstić information content (AvgIpc) is 2.37. The van der Waals surface area contributed by atoms with E-state index in [4.69, 9.17) is 0 Å². The van der Waals surface area contributed by atoms with E-state index in [1.165, 1.54) is 64.2 Å². The van der Waals surface area contributed by atoms with E-state index in [0.717, 1.165) is 0 Å². The van der Waals surface area contributed by atoms with Crippen LogP contribution in [0.4, 0.5) is 0 Å². The highest BCUT2D eigenvalue weighted by atomic mass is 14.8. The lowest BCUT2D eigenvalue weighted by atomic mass is 9.96. The molecule has 2 aliphatic rings. The number of aliphatic imine (C=N–C) groups is 2. The molecule has 2 nitrogen and oxygen atoms in total. The highest BCUT2D eigenvalue weighted by Crippen LogP contribution is 2.20. The summed E-state index contributed by atoms with van der Waals surface area (Å²) >= 11 is 0. The van der Waals surface area contributed by atoms with E-state index < -0.39 is 0 Å². The molecule has 0 bridgehead atoms. The third-order valence-electron chi connectivity index (χ3n) is 3.81. The molecule has 0 radical (unpaired) electrons. The summed E-state index contributed by atoms with van der Waals surface area (Å²) < 4.78 is 0. The van der Waals surface area contributed by atoms with E-state index in [2.05, 4.69) is 9.98 Å². The van der Waals surface area contributed by atoms with Crippen LogP contribution in [-0.4, -0.2) is 24.5 Å². The van der Waals surface area contributed by atoms with Crippen molar-refractivity contribution in [1.29, 1.82) is 0 Å². The van der Waals surface area contributed by atoms with E-state index in [1.54, 1.807) is 0 Å². The van der Waals surface area contributed by atoms with Crippen LogP contribution in [0.2, 0.25) is 0 Å². The van der Waals surface area contributed by atoms with Crippen LogP contribution < -0.4 is 0 Å². The van der Waals surface area contributed by atoms with Gasteiger partial charge in [0.15, 0.2) is 0 Å². The second kappa shape index (κ2) is 6.82. The van der Waals surface area contributed by atoms with Gasteiger partial charge in [-0.2, -0.15) is 0 Å². The van der Waals surface area contributed by atoms with E-state index in [9.17, 15) is 0 Å². The molecular weight excluding hydrogens is 196 g/mol. The number of hydrogen-bond acceptors (Lipinski definition) is 2. The van der Waals surface area contributed by atoms with Crippen LogP contribution in [0.1, 0.15) is 64.2 Å². The van der Waals surface area contributed by atoms with Crippen molar-refractivity contribution < 1.29 is 0 Å². The Morgan fingerprint density at radius 1 is 0.562 bits per heavy atom. The summed E-state index contributed by atoms with van der Waals surface area (Å²) in [7, 11) is 0. The van der Waals surface area contributed by atoms with Crippen molar-refractivity contribution in [3.8, 4) is 0 Å². The van der Waals surface area contributed by atoms with Crippen LogP contribution in [0.25, 0.3) is 0 Å². The fraction of sp³-hybridized carbons (Fsp3) is 0.857. The highest BCUT2D eigenvalue weighted by Gasteiger charge is 2.11. The molecule has 2 aliphatic carbocycles. The maximum atomic E-state index is 4.59. The van der Waals surface area contributed by atoms with Gasteiger partial charge in [-0.1, -0.05) is 38.5 Å². The molecule has 16 heavy (non-hydrogen) atoms. The molecule has 0 aromatic heterocycles. The summed E-state index contributed by atoms with van der Waals surface area (Å²) in [6.07, 6.45) is 17.3. The molecule has 0 unspecified atom stereocenters. The first-order valence-electron chi connectivity index (χ1n) is 7.00. The topological polar surface area (TPSA) is 24.7 Å². The van der Waals surface area contributed by atoms with Crippen molar-refractivity contribution in [2.45, 2.75) is 76.3 Å². The Labute approximate surface area is 99.3 Å². The molecule has 2 heteroatoms. The third-order valence-corrected chi connectivity index (χ3v) is 3.81. The molecule has 2 saturated carbocycles. The zero-order valence-corrected chi connectivity index (χ0v) is 10.3. The fourth-order valence-electron chi connectivity index (χ4n) is 2.78. The van der Waals surface area contributed by atoms with Gasteiger partial charge in [0.2, 0.25) is 0 Å². The van der Waals surface area contributed by atoms with Crippen LogP contribution in [0.3, 0.4) is 0 Å². The minimum Gasteiger partial charge on any atom is -0.288 e. The van der Waals surface area contributed by atoms with Gasteiger partial charge in [-0.25, -0.2) is 0 Å². The van der Waals surface area contributed by atoms with Crippen molar-refractivity contribution >= 4 is 12.4 Å². The molecule has 2 rings (SSSR count). The minimum atomic E-state index is 0.589. The van der Waals surface area contributed by atoms with Crippen molar-refractivity contribution in [2.75, 3.05) is 0 Å². The third kappa shape index (κ3) is 4.07. The van der Waals surface area contributed by atoms with Crippen LogP contribution in [0, 0.1) is 0 Å². The molecule has 2 fully saturated rings. The first kappa shape index (κ1) is 11.8. The van der Waals surface area contributed by atoms with E-state index >= 15 is 0 Å². The van der Waals surface area contributed by atoms with Crippen LogP contribution in [-0.2, 0) is 0 Å². The molecule has 0 heterocycles. The number of nitrogens with zero attached hydrogens (tertiary/aromatic N) is 2. The SMILES string of the molecule is C(C=NC1CCCCC1)=NC1CCCCC1. The summed E-state index contributed by atoms with van der Waals surface area (Å²) in [6.45, 7) is 0. The maximum Gasteiger partial charge on any atom is 0.0500 e. The quantitative estimate of drug-likeness (QED) is 0.646. The maximum absolute atomic E-state index is 4.59. The standard InChI is InChI=1S/C14H24N2/c1-3-7-13(8-4-1)15-11-12-16-14-9-5-2-6-10-14/h11-14H,1-10H2. The van der Waals surface area contributed by atoms with Gasteiger partial charge in [-0.05, 0) is 25.7 Å². The second-order valence-corrected chi connectivity index (χ2v) is 5.18. The first-order chi connectivity index (χ1) is 7.95. The number of hydrogen-bond donors (Lipinski definition) is 0. The van der Waals surface area contributed by atoms with Crippen molar-refractivity contribution in [3.05, 3.63) is 0 Å². The molecule has 0 spiro atoms. The van der Waals surface area contributed by atoms with Gasteiger partial charge in [0.05, 0.1) is 0 Å². The first-order valence-corrected chi connectivity index (χ1v) is 7.00. The molecule has 0 aliphatic heterocycles. The van der Waals surface area contributed by atoms with Gasteiger partial charge in [0.1, 0.15) is 0 Å². The van der Waals surface area contributed by atoms with Gasteiger partial charge in [0, 0.05) is 24.5 Å². The molecule has 0 N–H and O–H groups in total. The van der Waals surface area contributed by atoms with Crippen molar-refractivity contribution in [2.24, 2.45) is 9.98 Å². The van der Waals surface area contributed by atoms with Gasteiger partial charge in [0.25, 0.3) is 0 Å². The van der Waals surface area contributed by atoms with Crippen LogP contribution in [0.5, 0.6) is 0 Å². The predicted molar refractivity (Wildman–Crippen MR) is 70.7 cm³/mol. The van der Waals surface area contributed by atoms with Crippen molar-refractivity contribution in [3.63, 3.8) is 0 Å².